The molecule has 17 aromatic rings. The zero-order chi connectivity index (χ0) is 87.7. The maximum absolute atomic E-state index is 6.27. The first-order valence-corrected chi connectivity index (χ1v) is 43.0. The van der Waals surface area contributed by atoms with E-state index in [1.54, 1.807) is 18.6 Å². The Labute approximate surface area is 743 Å². The van der Waals surface area contributed by atoms with Crippen LogP contribution in [0.25, 0.3) is 157 Å². The molecule has 0 atom stereocenters. The van der Waals surface area contributed by atoms with Gasteiger partial charge in [0.25, 0.3) is 0 Å². The number of fused-ring (bicyclic) bond motifs is 1. The van der Waals surface area contributed by atoms with Crippen LogP contribution in [0.1, 0.15) is 83.1 Å². The van der Waals surface area contributed by atoms with E-state index in [1.807, 2.05) is 164 Å². The Kier molecular flexibility index (Phi) is 23.2. The molecule has 0 bridgehead atoms. The molecule has 0 radical (unpaired) electrons. The lowest BCUT2D eigenvalue weighted by Gasteiger charge is -2.32. The van der Waals surface area contributed by atoms with Crippen LogP contribution in [0.4, 0.5) is 0 Å². The van der Waals surface area contributed by atoms with E-state index in [9.17, 15) is 0 Å². The number of hydrogen-bond acceptors (Lipinski definition) is 16. The standard InChI is InChI=1S/C39H34BN3O2.C38H33BN4O2.C31H28BN3O2/c1-38(2)39(3,4)45-40(44-38)33-22-19-31(20-23-33)37-42-35(30-17-15-29(16-18-30)27-11-7-5-8-12-27)25-36(43-37)34-24-21-32(26-41-34)28-13-9-6-10-14-28;1-37(2)38(3,4)45-39(44-37)33-19-17-30(18-20-33)36-42-34(28-13-9-26(10-14-28)31-7-5-21-40-24-31)23-35(43-36)29-15-11-27(12-16-29)32-8-6-22-41-25-32;1-30(2)31(3,4)37-32(36-30)25-16-14-22(15-17-25)29-34-27(20-28(35-29)26-11-7-8-18-33-26)24-13-12-21-9-5-6-10-23(21)19-24/h5-26H,1-4H3;5-25H,1-4H3;5-20H,1-4H3. The van der Waals surface area contributed by atoms with E-state index in [0.29, 0.717) is 17.5 Å². The molecule has 16 nitrogen and oxygen atoms in total. The molecule has 0 unspecified atom stereocenters. The van der Waals surface area contributed by atoms with Gasteiger partial charge in [-0.1, -0.05) is 267 Å². The summed E-state index contributed by atoms with van der Waals surface area (Å²) in [5.74, 6) is 1.92. The van der Waals surface area contributed by atoms with Crippen molar-refractivity contribution in [3.8, 4) is 146 Å². The number of rotatable bonds is 16. The summed E-state index contributed by atoms with van der Waals surface area (Å²) in [6.45, 7) is 24.8. The first-order chi connectivity index (χ1) is 61.3. The Morgan fingerprint density at radius 1 is 0.189 bits per heavy atom. The van der Waals surface area contributed by atoms with Crippen molar-refractivity contribution in [3.63, 3.8) is 0 Å². The van der Waals surface area contributed by atoms with Crippen molar-refractivity contribution in [1.29, 1.82) is 0 Å². The highest BCUT2D eigenvalue weighted by molar-refractivity contribution is 6.63. The van der Waals surface area contributed by atoms with Crippen LogP contribution in [0, 0.1) is 0 Å². The summed E-state index contributed by atoms with van der Waals surface area (Å²) in [6.07, 6.45) is 11.0. The number of hydrogen-bond donors (Lipinski definition) is 0. The molecule has 7 aromatic heterocycles. The molecule has 3 aliphatic heterocycles. The van der Waals surface area contributed by atoms with Gasteiger partial charge in [0.2, 0.25) is 0 Å². The maximum Gasteiger partial charge on any atom is 0.494 e. The SMILES string of the molecule is CC1(C)OB(c2ccc(-c3nc(-c4ccc(-c5ccccc5)cc4)cc(-c4ccc(-c5ccccc5)cn4)n3)cc2)OC1(C)C.CC1(C)OB(c2ccc(-c3nc(-c4ccc(-c5cccnc5)cc4)cc(-c4ccc(-c5cccnc5)cc4)n3)cc2)OC1(C)C.CC1(C)OB(c2ccc(-c3nc(-c4ccc5ccccc5c4)cc(-c4ccccn4)n3)cc2)OC1(C)C. The Bertz CT molecular complexity index is 6190. The molecule has 0 aliphatic carbocycles. The molecule has 0 saturated carbocycles. The summed E-state index contributed by atoms with van der Waals surface area (Å²) < 4.78 is 37.5. The molecule has 3 saturated heterocycles. The molecule has 3 aliphatic rings. The summed E-state index contributed by atoms with van der Waals surface area (Å²) in [4.78, 5) is 47.9. The van der Waals surface area contributed by atoms with E-state index >= 15 is 0 Å². The highest BCUT2D eigenvalue weighted by Gasteiger charge is 2.54. The van der Waals surface area contributed by atoms with Gasteiger partial charge in [-0.25, -0.2) is 29.9 Å². The topological polar surface area (TPSA) is 184 Å². The average Bonchev–Trinajstić information content (AvgIpc) is 1.67. The number of nitrogens with zero attached hydrogens (tertiary/aromatic N) is 10. The molecule has 10 aromatic carbocycles. The lowest BCUT2D eigenvalue weighted by molar-refractivity contribution is 0.00578. The number of pyridine rings is 4. The lowest BCUT2D eigenvalue weighted by Crippen LogP contribution is -2.41. The van der Waals surface area contributed by atoms with Crippen molar-refractivity contribution < 1.29 is 27.9 Å². The number of aromatic nitrogens is 10. The number of benzene rings is 10. The second-order valence-corrected chi connectivity index (χ2v) is 35.2. The van der Waals surface area contributed by atoms with Crippen molar-refractivity contribution in [2.24, 2.45) is 0 Å². The van der Waals surface area contributed by atoms with Crippen LogP contribution in [0.5, 0.6) is 0 Å². The van der Waals surface area contributed by atoms with E-state index in [1.165, 1.54) is 16.3 Å². The van der Waals surface area contributed by atoms with Crippen LogP contribution >= 0.6 is 0 Å². The van der Waals surface area contributed by atoms with E-state index in [4.69, 9.17) is 62.8 Å². The minimum Gasteiger partial charge on any atom is -0.399 e. The molecule has 0 N–H and O–H groups in total. The third kappa shape index (κ3) is 18.3. The summed E-state index contributed by atoms with van der Waals surface area (Å²) >= 11 is 0. The van der Waals surface area contributed by atoms with E-state index < -0.39 is 43.8 Å². The highest BCUT2D eigenvalue weighted by atomic mass is 16.7. The van der Waals surface area contributed by atoms with Crippen LogP contribution in [0.15, 0.2) is 359 Å². The molecule has 20 rings (SSSR count). The van der Waals surface area contributed by atoms with Gasteiger partial charge in [0, 0.05) is 81.7 Å². The summed E-state index contributed by atoms with van der Waals surface area (Å²) in [7, 11) is -1.26. The Balaban J connectivity index is 0.000000130. The quantitative estimate of drug-likeness (QED) is 0.0831. The molecular weight excluding hydrogens is 1570 g/mol. The second kappa shape index (κ2) is 35.0. The van der Waals surface area contributed by atoms with Crippen molar-refractivity contribution in [3.05, 3.63) is 359 Å². The van der Waals surface area contributed by atoms with Gasteiger partial charge >= 0.3 is 21.4 Å². The van der Waals surface area contributed by atoms with E-state index in [-0.39, 0.29) is 11.2 Å². The smallest absolute Gasteiger partial charge is 0.399 e. The maximum atomic E-state index is 6.27. The minimum absolute atomic E-state index is 0.384. The van der Waals surface area contributed by atoms with Crippen molar-refractivity contribution in [2.45, 2.75) is 117 Å². The van der Waals surface area contributed by atoms with Gasteiger partial charge in [-0.3, -0.25) is 19.9 Å². The van der Waals surface area contributed by atoms with Crippen LogP contribution in [-0.2, 0) is 27.9 Å². The fourth-order valence-corrected chi connectivity index (χ4v) is 15.3. The molecule has 127 heavy (non-hydrogen) atoms. The van der Waals surface area contributed by atoms with Gasteiger partial charge < -0.3 is 27.9 Å². The molecule has 0 spiro atoms. The third-order valence-electron chi connectivity index (χ3n) is 25.0. The molecule has 622 valence electrons. The zero-order valence-electron chi connectivity index (χ0n) is 73.2. The summed E-state index contributed by atoms with van der Waals surface area (Å²) in [5, 5.41) is 2.37. The van der Waals surface area contributed by atoms with Gasteiger partial charge in [-0.15, -0.1) is 0 Å². The molecule has 0 amide bonds. The van der Waals surface area contributed by atoms with Gasteiger partial charge in [0.15, 0.2) is 17.5 Å². The van der Waals surface area contributed by atoms with E-state index in [2.05, 4.69) is 274 Å². The molecular formula is C108H95B3N10O6. The Hall–Kier alpha value is -13.7. The first-order valence-electron chi connectivity index (χ1n) is 43.0. The average molecular weight is 1660 g/mol. The largest absolute Gasteiger partial charge is 0.494 e. The minimum atomic E-state index is -0.428. The molecule has 3 fully saturated rings. The zero-order valence-corrected chi connectivity index (χ0v) is 73.2. The van der Waals surface area contributed by atoms with Crippen molar-refractivity contribution in [2.75, 3.05) is 0 Å². The van der Waals surface area contributed by atoms with Crippen molar-refractivity contribution in [1.82, 2.24) is 49.8 Å². The van der Waals surface area contributed by atoms with Crippen LogP contribution < -0.4 is 16.4 Å². The van der Waals surface area contributed by atoms with Crippen LogP contribution in [0.3, 0.4) is 0 Å². The summed E-state index contributed by atoms with van der Waals surface area (Å²) in [6, 6.07) is 109. The predicted molar refractivity (Wildman–Crippen MR) is 513 cm³/mol. The second-order valence-electron chi connectivity index (χ2n) is 35.2. The molecule has 19 heteroatoms. The lowest BCUT2D eigenvalue weighted by atomic mass is 9.79. The fraction of sp³-hybridized carbons (Fsp3) is 0.167. The van der Waals surface area contributed by atoms with Gasteiger partial charge in [0.1, 0.15) is 0 Å². The van der Waals surface area contributed by atoms with Crippen LogP contribution in [-0.4, -0.2) is 105 Å². The third-order valence-corrected chi connectivity index (χ3v) is 25.0. The first kappa shape index (κ1) is 84.1. The predicted octanol–water partition coefficient (Wildman–Crippen LogP) is 22.7. The Morgan fingerprint density at radius 3 is 0.835 bits per heavy atom. The van der Waals surface area contributed by atoms with Crippen LogP contribution in [0.2, 0.25) is 0 Å². The fourth-order valence-electron chi connectivity index (χ4n) is 15.3. The monoisotopic (exact) mass is 1660 g/mol. The Morgan fingerprint density at radius 2 is 0.472 bits per heavy atom. The highest BCUT2D eigenvalue weighted by Crippen LogP contribution is 2.42. The van der Waals surface area contributed by atoms with Gasteiger partial charge in [-0.2, -0.15) is 0 Å². The van der Waals surface area contributed by atoms with Gasteiger partial charge in [0.05, 0.1) is 79.2 Å². The van der Waals surface area contributed by atoms with Crippen molar-refractivity contribution >= 4 is 48.5 Å². The normalized spacial score (nSPS) is 15.5. The molecule has 10 heterocycles. The van der Waals surface area contributed by atoms with E-state index in [0.717, 1.165) is 140 Å². The van der Waals surface area contributed by atoms with Gasteiger partial charge in [-0.05, 0) is 204 Å². The summed E-state index contributed by atoms with van der Waals surface area (Å²) in [5.41, 5.74) is 22.7.